The fourth-order valence-electron chi connectivity index (χ4n) is 7.37. The fraction of sp³-hybridized carbons (Fsp3) is 0.714. The third-order valence-corrected chi connectivity index (χ3v) is 8.92. The first-order valence-electron chi connectivity index (χ1n) is 13.1. The lowest BCUT2D eigenvalue weighted by Gasteiger charge is -2.50. The van der Waals surface area contributed by atoms with Crippen molar-refractivity contribution in [3.8, 4) is 0 Å². The van der Waals surface area contributed by atoms with Crippen LogP contribution in [0.5, 0.6) is 0 Å². The van der Waals surface area contributed by atoms with Crippen LogP contribution in [0.25, 0.3) is 0 Å². The minimum absolute atomic E-state index is 0.153. The summed E-state index contributed by atoms with van der Waals surface area (Å²) in [7, 11) is 0. The molecular formula is C28H40N2O2. The van der Waals surface area contributed by atoms with E-state index in [4.69, 9.17) is 0 Å². The van der Waals surface area contributed by atoms with Gasteiger partial charge in [-0.25, -0.2) is 0 Å². The summed E-state index contributed by atoms with van der Waals surface area (Å²) in [4.78, 5) is 29.3. The van der Waals surface area contributed by atoms with Crippen LogP contribution in [-0.2, 0) is 22.4 Å². The van der Waals surface area contributed by atoms with Gasteiger partial charge >= 0.3 is 0 Å². The first kappa shape index (κ1) is 22.0. The van der Waals surface area contributed by atoms with Gasteiger partial charge in [0.15, 0.2) is 0 Å². The molecule has 5 rings (SSSR count). The van der Waals surface area contributed by atoms with Crippen LogP contribution in [0.1, 0.15) is 82.8 Å². The van der Waals surface area contributed by atoms with E-state index in [1.807, 2.05) is 0 Å². The Hall–Kier alpha value is -1.84. The van der Waals surface area contributed by atoms with E-state index in [1.54, 1.807) is 0 Å². The number of nitrogens with zero attached hydrogens (tertiary/aromatic N) is 1. The lowest BCUT2D eigenvalue weighted by molar-refractivity contribution is -0.150. The standard InChI is InChI=1S/C28H40N2O2/c1-19(2)13-20-14-26(31)30(18-20)28(27(32)29-25-9-5-6-10-25)12-11-23-15-21-7-3-4-8-22(21)16-24(23)17-28/h3-4,7-8,19-20,23-25H,5-6,9-18H2,1-2H3,(H,29,32)/t20-,23-,24+,28-/m1/s1. The topological polar surface area (TPSA) is 49.4 Å². The van der Waals surface area contributed by atoms with E-state index in [0.29, 0.717) is 36.1 Å². The third-order valence-electron chi connectivity index (χ3n) is 8.92. The summed E-state index contributed by atoms with van der Waals surface area (Å²) in [5.74, 6) is 2.48. The highest BCUT2D eigenvalue weighted by molar-refractivity contribution is 5.92. The highest BCUT2D eigenvalue weighted by atomic mass is 16.2. The van der Waals surface area contributed by atoms with Crippen LogP contribution >= 0.6 is 0 Å². The molecule has 0 unspecified atom stereocenters. The summed E-state index contributed by atoms with van der Waals surface area (Å²) < 4.78 is 0. The minimum Gasteiger partial charge on any atom is -0.351 e. The van der Waals surface area contributed by atoms with E-state index >= 15 is 0 Å². The van der Waals surface area contributed by atoms with Crippen molar-refractivity contribution in [3.05, 3.63) is 35.4 Å². The van der Waals surface area contributed by atoms with Gasteiger partial charge in [-0.3, -0.25) is 9.59 Å². The molecule has 4 heteroatoms. The highest BCUT2D eigenvalue weighted by Gasteiger charge is 2.54. The van der Waals surface area contributed by atoms with Gasteiger partial charge in [0.1, 0.15) is 5.54 Å². The molecule has 1 saturated heterocycles. The zero-order valence-corrected chi connectivity index (χ0v) is 19.9. The van der Waals surface area contributed by atoms with Gasteiger partial charge in [0.2, 0.25) is 11.8 Å². The second kappa shape index (κ2) is 8.83. The molecule has 1 aromatic carbocycles. The molecule has 1 aromatic rings. The van der Waals surface area contributed by atoms with E-state index in [2.05, 4.69) is 48.3 Å². The van der Waals surface area contributed by atoms with Gasteiger partial charge in [0.25, 0.3) is 0 Å². The normalized spacial score (nSPS) is 32.8. The van der Waals surface area contributed by atoms with Crippen molar-refractivity contribution in [2.75, 3.05) is 6.54 Å². The maximum atomic E-state index is 14.0. The number of carbonyl (C=O) groups excluding carboxylic acids is 2. The third kappa shape index (κ3) is 4.10. The molecular weight excluding hydrogens is 396 g/mol. The van der Waals surface area contributed by atoms with Crippen LogP contribution in [0, 0.1) is 23.7 Å². The molecule has 3 fully saturated rings. The van der Waals surface area contributed by atoms with Gasteiger partial charge < -0.3 is 10.2 Å². The van der Waals surface area contributed by atoms with Crippen molar-refractivity contribution in [3.63, 3.8) is 0 Å². The molecule has 0 bridgehead atoms. The van der Waals surface area contributed by atoms with Gasteiger partial charge in [-0.1, -0.05) is 51.0 Å². The van der Waals surface area contributed by atoms with Gasteiger partial charge in [0.05, 0.1) is 0 Å². The summed E-state index contributed by atoms with van der Waals surface area (Å²) in [5.41, 5.74) is 2.30. The van der Waals surface area contributed by atoms with Crippen molar-refractivity contribution in [1.29, 1.82) is 0 Å². The molecule has 174 valence electrons. The fourth-order valence-corrected chi connectivity index (χ4v) is 7.37. The lowest BCUT2D eigenvalue weighted by atomic mass is 9.62. The Morgan fingerprint density at radius 3 is 2.44 bits per heavy atom. The van der Waals surface area contributed by atoms with E-state index in [1.165, 1.54) is 24.0 Å². The summed E-state index contributed by atoms with van der Waals surface area (Å²) in [6.45, 7) is 5.24. The Kier molecular flexibility index (Phi) is 6.07. The summed E-state index contributed by atoms with van der Waals surface area (Å²) in [5, 5.41) is 3.42. The van der Waals surface area contributed by atoms with Crippen molar-refractivity contribution >= 4 is 11.8 Å². The van der Waals surface area contributed by atoms with Crippen LogP contribution in [0.4, 0.5) is 0 Å². The number of hydrogen-bond acceptors (Lipinski definition) is 2. The number of hydrogen-bond donors (Lipinski definition) is 1. The van der Waals surface area contributed by atoms with Crippen LogP contribution < -0.4 is 5.32 Å². The molecule has 0 spiro atoms. The predicted octanol–water partition coefficient (Wildman–Crippen LogP) is 4.89. The number of likely N-dealkylation sites (tertiary alicyclic amines) is 1. The van der Waals surface area contributed by atoms with Crippen LogP contribution in [-0.4, -0.2) is 34.8 Å². The Morgan fingerprint density at radius 2 is 1.75 bits per heavy atom. The number of rotatable bonds is 5. The van der Waals surface area contributed by atoms with Gasteiger partial charge in [0, 0.05) is 19.0 Å². The second-order valence-electron chi connectivity index (χ2n) is 11.6. The maximum absolute atomic E-state index is 14.0. The molecule has 1 N–H and O–H groups in total. The number of carbonyl (C=O) groups is 2. The molecule has 32 heavy (non-hydrogen) atoms. The van der Waals surface area contributed by atoms with Crippen LogP contribution in [0.2, 0.25) is 0 Å². The van der Waals surface area contributed by atoms with Crippen molar-refractivity contribution in [2.45, 2.75) is 96.1 Å². The largest absolute Gasteiger partial charge is 0.351 e. The Balaban J connectivity index is 1.42. The maximum Gasteiger partial charge on any atom is 0.246 e. The summed E-state index contributed by atoms with van der Waals surface area (Å²) in [6.07, 6.45) is 11.2. The molecule has 1 heterocycles. The van der Waals surface area contributed by atoms with Crippen molar-refractivity contribution in [1.82, 2.24) is 10.2 Å². The van der Waals surface area contributed by atoms with E-state index < -0.39 is 5.54 Å². The van der Waals surface area contributed by atoms with Gasteiger partial charge in [-0.05, 0) is 86.2 Å². The van der Waals surface area contributed by atoms with Crippen molar-refractivity contribution in [2.24, 2.45) is 23.7 Å². The second-order valence-corrected chi connectivity index (χ2v) is 11.6. The van der Waals surface area contributed by atoms with E-state index in [0.717, 1.165) is 57.9 Å². The first-order chi connectivity index (χ1) is 15.4. The number of amides is 2. The molecule has 2 saturated carbocycles. The van der Waals surface area contributed by atoms with Crippen LogP contribution in [0.15, 0.2) is 24.3 Å². The molecule has 4 atom stereocenters. The van der Waals surface area contributed by atoms with Crippen molar-refractivity contribution < 1.29 is 9.59 Å². The summed E-state index contributed by atoms with van der Waals surface area (Å²) in [6, 6.07) is 9.14. The highest BCUT2D eigenvalue weighted by Crippen LogP contribution is 2.48. The Bertz CT molecular complexity index is 859. The minimum atomic E-state index is -0.640. The average molecular weight is 437 g/mol. The number of nitrogens with one attached hydrogen (secondary N) is 1. The molecule has 4 aliphatic rings. The van der Waals surface area contributed by atoms with Crippen LogP contribution in [0.3, 0.4) is 0 Å². The molecule has 4 nitrogen and oxygen atoms in total. The lowest BCUT2D eigenvalue weighted by Crippen LogP contribution is -2.63. The monoisotopic (exact) mass is 436 g/mol. The van der Waals surface area contributed by atoms with E-state index in [9.17, 15) is 9.59 Å². The molecule has 1 aliphatic heterocycles. The van der Waals surface area contributed by atoms with Gasteiger partial charge in [-0.2, -0.15) is 0 Å². The quantitative estimate of drug-likeness (QED) is 0.714. The molecule has 2 amide bonds. The molecule has 3 aliphatic carbocycles. The SMILES string of the molecule is CC(C)C[C@@H]1CC(=O)N([C@]2(C(=O)NC3CCCC3)CC[C@@H]3Cc4ccccc4C[C@H]3C2)C1. The Morgan fingerprint density at radius 1 is 1.06 bits per heavy atom. The summed E-state index contributed by atoms with van der Waals surface area (Å²) >= 11 is 0. The zero-order chi connectivity index (χ0) is 22.3. The zero-order valence-electron chi connectivity index (χ0n) is 19.9. The smallest absolute Gasteiger partial charge is 0.246 e. The molecule has 0 aromatic heterocycles. The predicted molar refractivity (Wildman–Crippen MR) is 127 cm³/mol. The molecule has 0 radical (unpaired) electrons. The Labute approximate surface area is 193 Å². The van der Waals surface area contributed by atoms with Gasteiger partial charge in [-0.15, -0.1) is 0 Å². The van der Waals surface area contributed by atoms with E-state index in [-0.39, 0.29) is 11.8 Å². The first-order valence-corrected chi connectivity index (χ1v) is 13.1. The number of benzene rings is 1. The average Bonchev–Trinajstić information content (AvgIpc) is 3.41. The number of fused-ring (bicyclic) bond motifs is 2.